The molecule has 0 aliphatic heterocycles. The van der Waals surface area contributed by atoms with E-state index in [1.165, 1.54) is 38.5 Å². The highest BCUT2D eigenvalue weighted by Gasteiger charge is 2.34. The van der Waals surface area contributed by atoms with Gasteiger partial charge >= 0.3 is 0 Å². The molecule has 2 aliphatic rings. The summed E-state index contributed by atoms with van der Waals surface area (Å²) in [6.45, 7) is 2.40. The van der Waals surface area contributed by atoms with Gasteiger partial charge < -0.3 is 5.32 Å². The Bertz CT molecular complexity index is 334. The first kappa shape index (κ1) is 11.7. The Labute approximate surface area is 109 Å². The van der Waals surface area contributed by atoms with Crippen LogP contribution in [-0.4, -0.2) is 6.04 Å². The Morgan fingerprint density at radius 3 is 2.53 bits per heavy atom. The van der Waals surface area contributed by atoms with Gasteiger partial charge in [0.2, 0.25) is 0 Å². The molecule has 2 heteroatoms. The lowest BCUT2D eigenvalue weighted by molar-refractivity contribution is 0.279. The van der Waals surface area contributed by atoms with Gasteiger partial charge in [0.25, 0.3) is 0 Å². The summed E-state index contributed by atoms with van der Waals surface area (Å²) >= 11 is 1.93. The fourth-order valence-corrected chi connectivity index (χ4v) is 3.91. The van der Waals surface area contributed by atoms with E-state index in [9.17, 15) is 0 Å². The van der Waals surface area contributed by atoms with Crippen molar-refractivity contribution < 1.29 is 0 Å². The highest BCUT2D eigenvalue weighted by molar-refractivity contribution is 7.10. The van der Waals surface area contributed by atoms with Gasteiger partial charge in [-0.1, -0.05) is 13.0 Å². The molecule has 1 aromatic rings. The molecule has 3 rings (SSSR count). The van der Waals surface area contributed by atoms with Crippen LogP contribution in [0.3, 0.4) is 0 Å². The molecule has 0 amide bonds. The third-order valence-corrected chi connectivity index (χ3v) is 5.33. The first-order chi connectivity index (χ1) is 8.33. The van der Waals surface area contributed by atoms with Crippen LogP contribution in [0, 0.1) is 11.8 Å². The van der Waals surface area contributed by atoms with Crippen molar-refractivity contribution >= 4 is 11.3 Å². The molecule has 0 bridgehead atoms. The van der Waals surface area contributed by atoms with Crippen LogP contribution in [0.1, 0.15) is 56.4 Å². The van der Waals surface area contributed by atoms with Gasteiger partial charge in [-0.25, -0.2) is 0 Å². The predicted octanol–water partition coefficient (Wildman–Crippen LogP) is 4.37. The number of rotatable bonds is 4. The molecule has 94 valence electrons. The SMILES string of the molecule is CC1CCC(NC(c2cccs2)C2CC2)CC1. The zero-order chi connectivity index (χ0) is 11.7. The Balaban J connectivity index is 1.61. The van der Waals surface area contributed by atoms with Gasteiger partial charge in [0.1, 0.15) is 0 Å². The fraction of sp³-hybridized carbons (Fsp3) is 0.733. The van der Waals surface area contributed by atoms with Crippen LogP contribution in [0.25, 0.3) is 0 Å². The van der Waals surface area contributed by atoms with Gasteiger partial charge in [-0.05, 0) is 61.8 Å². The Kier molecular flexibility index (Phi) is 3.53. The van der Waals surface area contributed by atoms with Crippen molar-refractivity contribution in [2.24, 2.45) is 11.8 Å². The van der Waals surface area contributed by atoms with Gasteiger partial charge in [-0.2, -0.15) is 0 Å². The molecular weight excluding hydrogens is 226 g/mol. The minimum Gasteiger partial charge on any atom is -0.306 e. The van der Waals surface area contributed by atoms with E-state index in [1.54, 1.807) is 4.88 Å². The third-order valence-electron chi connectivity index (χ3n) is 4.37. The fourth-order valence-electron chi connectivity index (χ4n) is 3.03. The maximum atomic E-state index is 3.95. The van der Waals surface area contributed by atoms with Gasteiger partial charge in [0, 0.05) is 17.0 Å². The van der Waals surface area contributed by atoms with Crippen LogP contribution in [0.2, 0.25) is 0 Å². The highest BCUT2D eigenvalue weighted by Crippen LogP contribution is 2.43. The zero-order valence-electron chi connectivity index (χ0n) is 10.7. The van der Waals surface area contributed by atoms with Crippen LogP contribution in [-0.2, 0) is 0 Å². The number of hydrogen-bond acceptors (Lipinski definition) is 2. The lowest BCUT2D eigenvalue weighted by atomic mass is 9.87. The van der Waals surface area contributed by atoms with E-state index >= 15 is 0 Å². The largest absolute Gasteiger partial charge is 0.306 e. The van der Waals surface area contributed by atoms with Crippen molar-refractivity contribution in [3.05, 3.63) is 22.4 Å². The maximum absolute atomic E-state index is 3.95. The standard InChI is InChI=1S/C15H23NS/c1-11-4-8-13(9-5-11)16-15(12-6-7-12)14-3-2-10-17-14/h2-3,10-13,15-16H,4-9H2,1H3. The number of thiophene rings is 1. The first-order valence-electron chi connectivity index (χ1n) is 7.12. The lowest BCUT2D eigenvalue weighted by Gasteiger charge is -2.30. The summed E-state index contributed by atoms with van der Waals surface area (Å²) in [4.78, 5) is 1.56. The van der Waals surface area contributed by atoms with Crippen LogP contribution < -0.4 is 5.32 Å². The van der Waals surface area contributed by atoms with Gasteiger partial charge in [-0.3, -0.25) is 0 Å². The molecule has 1 unspecified atom stereocenters. The molecular formula is C15H23NS. The molecule has 0 aromatic carbocycles. The summed E-state index contributed by atoms with van der Waals surface area (Å²) < 4.78 is 0. The van der Waals surface area contributed by atoms with Crippen molar-refractivity contribution in [2.45, 2.75) is 57.5 Å². The van der Waals surface area contributed by atoms with Gasteiger partial charge in [-0.15, -0.1) is 11.3 Å². The van der Waals surface area contributed by atoms with E-state index in [0.717, 1.165) is 17.9 Å². The molecule has 0 spiro atoms. The molecule has 2 aliphatic carbocycles. The van der Waals surface area contributed by atoms with E-state index in [4.69, 9.17) is 0 Å². The summed E-state index contributed by atoms with van der Waals surface area (Å²) in [6.07, 6.45) is 8.46. The van der Waals surface area contributed by atoms with E-state index in [-0.39, 0.29) is 0 Å². The highest BCUT2D eigenvalue weighted by atomic mass is 32.1. The molecule has 0 saturated heterocycles. The topological polar surface area (TPSA) is 12.0 Å². The van der Waals surface area contributed by atoms with E-state index < -0.39 is 0 Å². The first-order valence-corrected chi connectivity index (χ1v) is 8.00. The normalized spacial score (nSPS) is 31.4. The van der Waals surface area contributed by atoms with Crippen LogP contribution in [0.5, 0.6) is 0 Å². The van der Waals surface area contributed by atoms with Gasteiger partial charge in [0.15, 0.2) is 0 Å². The molecule has 1 heterocycles. The van der Waals surface area contributed by atoms with Crippen LogP contribution in [0.15, 0.2) is 17.5 Å². The Morgan fingerprint density at radius 1 is 1.18 bits per heavy atom. The van der Waals surface area contributed by atoms with E-state index in [1.807, 2.05) is 11.3 Å². The van der Waals surface area contributed by atoms with Crippen molar-refractivity contribution in [1.82, 2.24) is 5.32 Å². The summed E-state index contributed by atoms with van der Waals surface area (Å²) in [5.41, 5.74) is 0. The maximum Gasteiger partial charge on any atom is 0.0445 e. The molecule has 1 aromatic heterocycles. The smallest absolute Gasteiger partial charge is 0.0445 e. The van der Waals surface area contributed by atoms with E-state index in [0.29, 0.717) is 6.04 Å². The van der Waals surface area contributed by atoms with E-state index in [2.05, 4.69) is 29.8 Å². The average Bonchev–Trinajstić information content (AvgIpc) is 3.03. The molecule has 2 fully saturated rings. The minimum atomic E-state index is 0.661. The molecule has 17 heavy (non-hydrogen) atoms. The third kappa shape index (κ3) is 2.92. The van der Waals surface area contributed by atoms with Crippen LogP contribution in [0.4, 0.5) is 0 Å². The second-order valence-electron chi connectivity index (χ2n) is 5.95. The van der Waals surface area contributed by atoms with Gasteiger partial charge in [0.05, 0.1) is 0 Å². The van der Waals surface area contributed by atoms with Crippen molar-refractivity contribution in [2.75, 3.05) is 0 Å². The number of hydrogen-bond donors (Lipinski definition) is 1. The lowest BCUT2D eigenvalue weighted by Crippen LogP contribution is -2.36. The minimum absolute atomic E-state index is 0.661. The van der Waals surface area contributed by atoms with Crippen molar-refractivity contribution in [3.8, 4) is 0 Å². The predicted molar refractivity (Wildman–Crippen MR) is 74.3 cm³/mol. The van der Waals surface area contributed by atoms with Crippen molar-refractivity contribution in [3.63, 3.8) is 0 Å². The monoisotopic (exact) mass is 249 g/mol. The molecule has 0 radical (unpaired) electrons. The summed E-state index contributed by atoms with van der Waals surface area (Å²) in [7, 11) is 0. The molecule has 1 nitrogen and oxygen atoms in total. The second-order valence-corrected chi connectivity index (χ2v) is 6.93. The molecule has 1 atom stereocenters. The summed E-state index contributed by atoms with van der Waals surface area (Å²) in [6, 6.07) is 5.94. The molecule has 1 N–H and O–H groups in total. The Morgan fingerprint density at radius 2 is 1.94 bits per heavy atom. The van der Waals surface area contributed by atoms with Crippen molar-refractivity contribution in [1.29, 1.82) is 0 Å². The summed E-state index contributed by atoms with van der Waals surface area (Å²) in [5.74, 6) is 1.88. The zero-order valence-corrected chi connectivity index (χ0v) is 11.5. The average molecular weight is 249 g/mol. The quantitative estimate of drug-likeness (QED) is 0.835. The second kappa shape index (κ2) is 5.11. The van der Waals surface area contributed by atoms with Crippen LogP contribution >= 0.6 is 11.3 Å². The molecule has 2 saturated carbocycles. The number of nitrogens with one attached hydrogen (secondary N) is 1. The Hall–Kier alpha value is -0.340. The summed E-state index contributed by atoms with van der Waals surface area (Å²) in [5, 5.41) is 6.17.